The third-order valence-corrected chi connectivity index (χ3v) is 4.26. The first-order chi connectivity index (χ1) is 9.22. The van der Waals surface area contributed by atoms with E-state index < -0.39 is 6.04 Å². The Labute approximate surface area is 116 Å². The molecular formula is C11H19N5O2S. The van der Waals surface area contributed by atoms with Crippen LogP contribution in [0.1, 0.15) is 38.1 Å². The number of methoxy groups -OCH3 is 1. The summed E-state index contributed by atoms with van der Waals surface area (Å²) in [6.07, 6.45) is 5.30. The fraction of sp³-hybridized carbons (Fsp3) is 0.818. The average Bonchev–Trinajstić information content (AvgIpc) is 3.07. The molecule has 1 saturated carbocycles. The van der Waals surface area contributed by atoms with Gasteiger partial charge in [-0.3, -0.25) is 4.79 Å². The van der Waals surface area contributed by atoms with E-state index in [-0.39, 0.29) is 5.97 Å². The molecule has 1 unspecified atom stereocenters. The van der Waals surface area contributed by atoms with Crippen LogP contribution in [0.25, 0.3) is 0 Å². The van der Waals surface area contributed by atoms with Crippen LogP contribution in [0.2, 0.25) is 0 Å². The fourth-order valence-corrected chi connectivity index (χ4v) is 3.17. The summed E-state index contributed by atoms with van der Waals surface area (Å²) in [6.45, 7) is 0. The minimum atomic E-state index is -0.576. The van der Waals surface area contributed by atoms with Crippen molar-refractivity contribution in [3.05, 3.63) is 0 Å². The van der Waals surface area contributed by atoms with E-state index in [4.69, 9.17) is 5.73 Å². The average molecular weight is 285 g/mol. The van der Waals surface area contributed by atoms with Crippen molar-refractivity contribution in [2.75, 3.05) is 12.9 Å². The minimum Gasteiger partial charge on any atom is -0.468 e. The number of carbonyl (C=O) groups excluding carboxylic acids is 1. The summed E-state index contributed by atoms with van der Waals surface area (Å²) in [5.41, 5.74) is 5.68. The lowest BCUT2D eigenvalue weighted by atomic mass is 10.2. The molecule has 1 aromatic heterocycles. The van der Waals surface area contributed by atoms with Crippen LogP contribution in [0, 0.1) is 0 Å². The molecule has 0 aliphatic heterocycles. The first-order valence-corrected chi connectivity index (χ1v) is 7.45. The molecule has 0 saturated heterocycles. The zero-order valence-electron chi connectivity index (χ0n) is 11.0. The predicted molar refractivity (Wildman–Crippen MR) is 70.7 cm³/mol. The largest absolute Gasteiger partial charge is 0.468 e. The molecule has 0 amide bonds. The highest BCUT2D eigenvalue weighted by atomic mass is 32.2. The standard InChI is InChI=1S/C11H19N5O2S/c1-18-10(17)9(12)6-7-19-11-13-14-15-16(11)8-4-2-3-5-8/h8-9H,2-7,12H2,1H3. The van der Waals surface area contributed by atoms with Crippen LogP contribution in [-0.2, 0) is 9.53 Å². The maximum absolute atomic E-state index is 11.2. The Balaban J connectivity index is 1.83. The number of nitrogens with two attached hydrogens (primary N) is 1. The van der Waals surface area contributed by atoms with E-state index in [1.165, 1.54) is 31.7 Å². The maximum Gasteiger partial charge on any atom is 0.322 e. The number of esters is 1. The lowest BCUT2D eigenvalue weighted by Crippen LogP contribution is -2.32. The minimum absolute atomic E-state index is 0.379. The number of thioether (sulfide) groups is 1. The first kappa shape index (κ1) is 14.3. The number of tetrazole rings is 1. The Morgan fingerprint density at radius 3 is 3.00 bits per heavy atom. The second-order valence-corrected chi connectivity index (χ2v) is 5.67. The number of hydrogen-bond donors (Lipinski definition) is 1. The van der Waals surface area contributed by atoms with Crippen LogP contribution >= 0.6 is 11.8 Å². The van der Waals surface area contributed by atoms with Crippen molar-refractivity contribution < 1.29 is 9.53 Å². The molecule has 19 heavy (non-hydrogen) atoms. The SMILES string of the molecule is COC(=O)C(N)CCSc1nnnn1C1CCCC1. The van der Waals surface area contributed by atoms with Gasteiger partial charge in [0.25, 0.3) is 0 Å². The number of hydrogen-bond acceptors (Lipinski definition) is 7. The van der Waals surface area contributed by atoms with Crippen molar-refractivity contribution in [2.45, 2.75) is 49.3 Å². The van der Waals surface area contributed by atoms with Crippen LogP contribution in [0.5, 0.6) is 0 Å². The third-order valence-electron chi connectivity index (χ3n) is 3.30. The Morgan fingerprint density at radius 1 is 1.58 bits per heavy atom. The second kappa shape index (κ2) is 6.85. The predicted octanol–water partition coefficient (Wildman–Crippen LogP) is 0.771. The van der Waals surface area contributed by atoms with Gasteiger partial charge in [0.1, 0.15) is 6.04 Å². The van der Waals surface area contributed by atoms with Gasteiger partial charge in [-0.1, -0.05) is 24.6 Å². The molecule has 7 nitrogen and oxygen atoms in total. The third kappa shape index (κ3) is 3.66. The summed E-state index contributed by atoms with van der Waals surface area (Å²) in [6, 6.07) is -0.153. The Bertz CT molecular complexity index is 419. The summed E-state index contributed by atoms with van der Waals surface area (Å²) in [7, 11) is 1.34. The lowest BCUT2D eigenvalue weighted by molar-refractivity contribution is -0.142. The fourth-order valence-electron chi connectivity index (χ4n) is 2.20. The van der Waals surface area contributed by atoms with Gasteiger partial charge in [0, 0.05) is 5.75 Å². The number of rotatable bonds is 6. The molecule has 2 rings (SSSR count). The Morgan fingerprint density at radius 2 is 2.32 bits per heavy atom. The quantitative estimate of drug-likeness (QED) is 0.609. The molecule has 1 atom stereocenters. The van der Waals surface area contributed by atoms with Crippen LogP contribution in [0.4, 0.5) is 0 Å². The van der Waals surface area contributed by atoms with E-state index in [0.717, 1.165) is 18.0 Å². The van der Waals surface area contributed by atoms with E-state index in [1.54, 1.807) is 0 Å². The molecule has 2 N–H and O–H groups in total. The van der Waals surface area contributed by atoms with Gasteiger partial charge in [-0.2, -0.15) is 0 Å². The van der Waals surface area contributed by atoms with Crippen molar-refractivity contribution in [3.63, 3.8) is 0 Å². The van der Waals surface area contributed by atoms with Gasteiger partial charge in [-0.05, 0) is 29.7 Å². The number of carbonyl (C=O) groups is 1. The molecular weight excluding hydrogens is 266 g/mol. The Kier molecular flexibility index (Phi) is 5.15. The molecule has 0 aromatic carbocycles. The molecule has 1 aliphatic rings. The maximum atomic E-state index is 11.2. The zero-order chi connectivity index (χ0) is 13.7. The van der Waals surface area contributed by atoms with Gasteiger partial charge in [-0.25, -0.2) is 4.68 Å². The molecule has 1 heterocycles. The molecule has 8 heteroatoms. The van der Waals surface area contributed by atoms with E-state index >= 15 is 0 Å². The zero-order valence-corrected chi connectivity index (χ0v) is 11.8. The van der Waals surface area contributed by atoms with Gasteiger partial charge in [-0.15, -0.1) is 5.10 Å². The summed E-state index contributed by atoms with van der Waals surface area (Å²) in [5, 5.41) is 12.6. The van der Waals surface area contributed by atoms with Gasteiger partial charge >= 0.3 is 5.97 Å². The summed E-state index contributed by atoms with van der Waals surface area (Å²) < 4.78 is 6.49. The van der Waals surface area contributed by atoms with E-state index in [2.05, 4.69) is 20.3 Å². The highest BCUT2D eigenvalue weighted by Gasteiger charge is 2.22. The topological polar surface area (TPSA) is 95.9 Å². The monoisotopic (exact) mass is 285 g/mol. The van der Waals surface area contributed by atoms with Crippen LogP contribution in [0.15, 0.2) is 5.16 Å². The molecule has 1 aliphatic carbocycles. The molecule has 0 spiro atoms. The number of aromatic nitrogens is 4. The van der Waals surface area contributed by atoms with Crippen molar-refractivity contribution in [1.82, 2.24) is 20.2 Å². The van der Waals surface area contributed by atoms with E-state index in [1.807, 2.05) is 4.68 Å². The highest BCUT2D eigenvalue weighted by Crippen LogP contribution is 2.31. The van der Waals surface area contributed by atoms with Crippen LogP contribution < -0.4 is 5.73 Å². The van der Waals surface area contributed by atoms with Crippen molar-refractivity contribution >= 4 is 17.7 Å². The van der Waals surface area contributed by atoms with Gasteiger partial charge in [0.15, 0.2) is 0 Å². The summed E-state index contributed by atoms with van der Waals surface area (Å²) in [4.78, 5) is 11.2. The normalized spacial score (nSPS) is 17.6. The Hall–Kier alpha value is -1.15. The number of nitrogens with zero attached hydrogens (tertiary/aromatic N) is 4. The second-order valence-electron chi connectivity index (χ2n) is 4.61. The summed E-state index contributed by atoms with van der Waals surface area (Å²) in [5.74, 6) is 0.319. The van der Waals surface area contributed by atoms with Crippen LogP contribution in [-0.4, -0.2) is 45.1 Å². The van der Waals surface area contributed by atoms with Crippen molar-refractivity contribution in [1.29, 1.82) is 0 Å². The van der Waals surface area contributed by atoms with E-state index in [9.17, 15) is 4.79 Å². The van der Waals surface area contributed by atoms with Crippen molar-refractivity contribution in [2.24, 2.45) is 5.73 Å². The smallest absolute Gasteiger partial charge is 0.322 e. The lowest BCUT2D eigenvalue weighted by Gasteiger charge is -2.11. The van der Waals surface area contributed by atoms with Crippen molar-refractivity contribution in [3.8, 4) is 0 Å². The summed E-state index contributed by atoms with van der Waals surface area (Å²) >= 11 is 1.54. The van der Waals surface area contributed by atoms with Gasteiger partial charge < -0.3 is 10.5 Å². The van der Waals surface area contributed by atoms with Gasteiger partial charge in [0.2, 0.25) is 5.16 Å². The van der Waals surface area contributed by atoms with E-state index in [0.29, 0.717) is 18.2 Å². The molecule has 106 valence electrons. The van der Waals surface area contributed by atoms with Gasteiger partial charge in [0.05, 0.1) is 13.2 Å². The molecule has 1 aromatic rings. The number of ether oxygens (including phenoxy) is 1. The molecule has 0 bridgehead atoms. The highest BCUT2D eigenvalue weighted by molar-refractivity contribution is 7.99. The molecule has 0 radical (unpaired) electrons. The molecule has 1 fully saturated rings. The first-order valence-electron chi connectivity index (χ1n) is 6.46. The van der Waals surface area contributed by atoms with Crippen LogP contribution in [0.3, 0.4) is 0 Å².